The third-order valence-electron chi connectivity index (χ3n) is 3.52. The number of carbonyl (C=O) groups is 2. The number of hydrogen-bond donors (Lipinski definition) is 2. The van der Waals surface area contributed by atoms with E-state index in [1.165, 1.54) is 11.8 Å². The van der Waals surface area contributed by atoms with E-state index < -0.39 is 4.75 Å². The number of anilines is 1. The Hall–Kier alpha value is -2.34. The Bertz CT molecular complexity index is 720. The van der Waals surface area contributed by atoms with Gasteiger partial charge in [-0.25, -0.2) is 0 Å². The Morgan fingerprint density at radius 3 is 2.77 bits per heavy atom. The fourth-order valence-corrected chi connectivity index (χ4v) is 3.29. The van der Waals surface area contributed by atoms with E-state index in [0.717, 1.165) is 16.1 Å². The Kier molecular flexibility index (Phi) is 3.85. The average Bonchev–Trinajstić information content (AvgIpc) is 2.54. The van der Waals surface area contributed by atoms with Crippen LogP contribution in [0.4, 0.5) is 5.69 Å². The SMILES string of the molecule is C[C@@]1(C(=O)NCc2ccncc2)Sc2ccccc2NC1=O. The fourth-order valence-electron chi connectivity index (χ4n) is 2.17. The van der Waals surface area contributed by atoms with Crippen molar-refractivity contribution in [2.24, 2.45) is 0 Å². The number of thioether (sulfide) groups is 1. The van der Waals surface area contributed by atoms with Crippen LogP contribution in [0.25, 0.3) is 0 Å². The zero-order valence-electron chi connectivity index (χ0n) is 12.0. The van der Waals surface area contributed by atoms with E-state index in [1.54, 1.807) is 19.3 Å². The summed E-state index contributed by atoms with van der Waals surface area (Å²) in [5.74, 6) is -0.607. The molecule has 2 aromatic rings. The average molecular weight is 313 g/mol. The maximum atomic E-state index is 12.5. The second-order valence-electron chi connectivity index (χ2n) is 5.12. The van der Waals surface area contributed by atoms with Gasteiger partial charge in [0.25, 0.3) is 0 Å². The molecule has 2 heterocycles. The minimum Gasteiger partial charge on any atom is -0.350 e. The Labute approximate surface area is 132 Å². The molecule has 5 nitrogen and oxygen atoms in total. The molecule has 0 bridgehead atoms. The van der Waals surface area contributed by atoms with Crippen molar-refractivity contribution in [3.63, 3.8) is 0 Å². The molecule has 0 unspecified atom stereocenters. The highest BCUT2D eigenvalue weighted by molar-refractivity contribution is 8.02. The van der Waals surface area contributed by atoms with Crippen LogP contribution in [-0.4, -0.2) is 21.5 Å². The third-order valence-corrected chi connectivity index (χ3v) is 4.87. The second kappa shape index (κ2) is 5.81. The molecule has 1 aromatic carbocycles. The molecule has 0 aliphatic carbocycles. The van der Waals surface area contributed by atoms with E-state index in [0.29, 0.717) is 6.54 Å². The summed E-state index contributed by atoms with van der Waals surface area (Å²) in [7, 11) is 0. The summed E-state index contributed by atoms with van der Waals surface area (Å²) in [4.78, 5) is 29.7. The van der Waals surface area contributed by atoms with Gasteiger partial charge >= 0.3 is 0 Å². The summed E-state index contributed by atoms with van der Waals surface area (Å²) < 4.78 is -1.18. The van der Waals surface area contributed by atoms with Crippen molar-refractivity contribution in [1.82, 2.24) is 10.3 Å². The molecule has 1 aliphatic heterocycles. The maximum Gasteiger partial charge on any atom is 0.250 e. The Balaban J connectivity index is 1.75. The lowest BCUT2D eigenvalue weighted by Crippen LogP contribution is -2.51. The molecule has 2 amide bonds. The number of fused-ring (bicyclic) bond motifs is 1. The standard InChI is InChI=1S/C16H15N3O2S/c1-16(14(20)18-10-11-6-8-17-9-7-11)15(21)19-12-4-2-3-5-13(12)22-16/h2-9H,10H2,1H3,(H,18,20)(H,19,21)/t16-/m0/s1. The van der Waals surface area contributed by atoms with Crippen LogP contribution in [0.2, 0.25) is 0 Å². The fraction of sp³-hybridized carbons (Fsp3) is 0.188. The molecule has 112 valence electrons. The molecular formula is C16H15N3O2S. The first kappa shape index (κ1) is 14.6. The largest absolute Gasteiger partial charge is 0.350 e. The predicted octanol–water partition coefficient (Wildman–Crippen LogP) is 2.20. The lowest BCUT2D eigenvalue weighted by atomic mass is 10.1. The van der Waals surface area contributed by atoms with Crippen molar-refractivity contribution in [3.8, 4) is 0 Å². The topological polar surface area (TPSA) is 71.1 Å². The smallest absolute Gasteiger partial charge is 0.250 e. The minimum absolute atomic E-state index is 0.302. The Morgan fingerprint density at radius 1 is 1.27 bits per heavy atom. The summed E-state index contributed by atoms with van der Waals surface area (Å²) in [6.45, 7) is 2.01. The highest BCUT2D eigenvalue weighted by Gasteiger charge is 2.45. The number of amides is 2. The van der Waals surface area contributed by atoms with Crippen LogP contribution >= 0.6 is 11.8 Å². The molecule has 6 heteroatoms. The van der Waals surface area contributed by atoms with E-state index >= 15 is 0 Å². The highest BCUT2D eigenvalue weighted by atomic mass is 32.2. The van der Waals surface area contributed by atoms with Crippen molar-refractivity contribution < 1.29 is 9.59 Å². The van der Waals surface area contributed by atoms with Gasteiger partial charge in [-0.15, -0.1) is 0 Å². The van der Waals surface area contributed by atoms with Crippen LogP contribution in [-0.2, 0) is 16.1 Å². The van der Waals surface area contributed by atoms with Gasteiger partial charge in [-0.05, 0) is 36.8 Å². The zero-order valence-corrected chi connectivity index (χ0v) is 12.8. The number of pyridine rings is 1. The van der Waals surface area contributed by atoms with E-state index in [2.05, 4.69) is 15.6 Å². The number of benzene rings is 1. The molecule has 2 N–H and O–H groups in total. The number of rotatable bonds is 3. The van der Waals surface area contributed by atoms with Gasteiger partial charge in [0, 0.05) is 23.8 Å². The summed E-state index contributed by atoms with van der Waals surface area (Å²) in [5.41, 5.74) is 1.69. The van der Waals surface area contributed by atoms with Gasteiger partial charge < -0.3 is 10.6 Å². The summed E-state index contributed by atoms with van der Waals surface area (Å²) in [5, 5.41) is 5.62. The summed E-state index contributed by atoms with van der Waals surface area (Å²) in [6, 6.07) is 11.1. The van der Waals surface area contributed by atoms with Crippen LogP contribution in [0.3, 0.4) is 0 Å². The van der Waals surface area contributed by atoms with E-state index in [4.69, 9.17) is 0 Å². The van der Waals surface area contributed by atoms with Crippen LogP contribution < -0.4 is 10.6 Å². The molecule has 0 spiro atoms. The summed E-state index contributed by atoms with van der Waals surface area (Å²) in [6.07, 6.45) is 3.34. The number of nitrogens with one attached hydrogen (secondary N) is 2. The third kappa shape index (κ3) is 2.69. The van der Waals surface area contributed by atoms with Gasteiger partial charge in [0.05, 0.1) is 5.69 Å². The van der Waals surface area contributed by atoms with Gasteiger partial charge in [-0.2, -0.15) is 0 Å². The first-order valence-corrected chi connectivity index (χ1v) is 7.68. The molecule has 0 saturated carbocycles. The minimum atomic E-state index is -1.18. The molecule has 3 rings (SSSR count). The number of nitrogens with zero attached hydrogens (tertiary/aromatic N) is 1. The van der Waals surface area contributed by atoms with E-state index in [1.807, 2.05) is 36.4 Å². The summed E-state index contributed by atoms with van der Waals surface area (Å²) >= 11 is 1.27. The van der Waals surface area contributed by atoms with Gasteiger partial charge in [0.15, 0.2) is 4.75 Å². The zero-order chi connectivity index (χ0) is 15.6. The molecule has 0 radical (unpaired) electrons. The van der Waals surface area contributed by atoms with Crippen LogP contribution in [0.15, 0.2) is 53.7 Å². The maximum absolute atomic E-state index is 12.5. The number of carbonyl (C=O) groups excluding carboxylic acids is 2. The van der Waals surface area contributed by atoms with Crippen molar-refractivity contribution in [2.75, 3.05) is 5.32 Å². The van der Waals surface area contributed by atoms with Gasteiger partial charge in [-0.3, -0.25) is 14.6 Å². The van der Waals surface area contributed by atoms with Crippen molar-refractivity contribution >= 4 is 29.3 Å². The van der Waals surface area contributed by atoms with Crippen molar-refractivity contribution in [1.29, 1.82) is 0 Å². The lowest BCUT2D eigenvalue weighted by molar-refractivity contribution is -0.130. The van der Waals surface area contributed by atoms with Gasteiger partial charge in [-0.1, -0.05) is 23.9 Å². The van der Waals surface area contributed by atoms with E-state index in [-0.39, 0.29) is 11.8 Å². The molecule has 22 heavy (non-hydrogen) atoms. The highest BCUT2D eigenvalue weighted by Crippen LogP contribution is 2.42. The quantitative estimate of drug-likeness (QED) is 0.852. The number of para-hydroxylation sites is 1. The molecule has 0 saturated heterocycles. The number of hydrogen-bond acceptors (Lipinski definition) is 4. The molecule has 1 aromatic heterocycles. The number of aromatic nitrogens is 1. The normalized spacial score (nSPS) is 20.0. The monoisotopic (exact) mass is 313 g/mol. The molecular weight excluding hydrogens is 298 g/mol. The van der Waals surface area contributed by atoms with Crippen molar-refractivity contribution in [3.05, 3.63) is 54.4 Å². The van der Waals surface area contributed by atoms with Crippen LogP contribution in [0, 0.1) is 0 Å². The molecule has 1 atom stereocenters. The predicted molar refractivity (Wildman–Crippen MR) is 85.4 cm³/mol. The van der Waals surface area contributed by atoms with Gasteiger partial charge in [0.1, 0.15) is 0 Å². The molecule has 1 aliphatic rings. The van der Waals surface area contributed by atoms with Crippen molar-refractivity contribution in [2.45, 2.75) is 23.1 Å². The van der Waals surface area contributed by atoms with Gasteiger partial charge in [0.2, 0.25) is 11.8 Å². The lowest BCUT2D eigenvalue weighted by Gasteiger charge is -2.31. The van der Waals surface area contributed by atoms with Crippen LogP contribution in [0.1, 0.15) is 12.5 Å². The second-order valence-corrected chi connectivity index (χ2v) is 6.58. The first-order valence-electron chi connectivity index (χ1n) is 6.86. The molecule has 0 fully saturated rings. The van der Waals surface area contributed by atoms with Crippen LogP contribution in [0.5, 0.6) is 0 Å². The first-order chi connectivity index (χ1) is 10.6. The Morgan fingerprint density at radius 2 is 2.00 bits per heavy atom. The van der Waals surface area contributed by atoms with E-state index in [9.17, 15) is 9.59 Å².